The molecule has 0 heterocycles. The number of benzene rings is 1. The molecule has 0 aliphatic carbocycles. The van der Waals surface area contributed by atoms with Crippen molar-refractivity contribution < 1.29 is 34.5 Å². The standard InChI is InChI=1S/C13H14N2O7/c16-10(5-15(6-11(17)18)7-12(19)20)14-9-3-1-8(2-4-9)13(21)22/h1-4H,5-7H2,(H,14,16)(H,17,18)(H,19,20)(H,21,22). The third-order valence-electron chi connectivity index (χ3n) is 2.50. The van der Waals surface area contributed by atoms with Gasteiger partial charge in [-0.15, -0.1) is 0 Å². The third kappa shape index (κ3) is 6.01. The van der Waals surface area contributed by atoms with Crippen LogP contribution in [-0.2, 0) is 14.4 Å². The van der Waals surface area contributed by atoms with Gasteiger partial charge in [0.2, 0.25) is 5.91 Å². The monoisotopic (exact) mass is 310 g/mol. The molecule has 0 aliphatic heterocycles. The molecule has 0 unspecified atom stereocenters. The predicted molar refractivity (Wildman–Crippen MR) is 73.7 cm³/mol. The highest BCUT2D eigenvalue weighted by Gasteiger charge is 2.17. The highest BCUT2D eigenvalue weighted by molar-refractivity contribution is 5.94. The van der Waals surface area contributed by atoms with E-state index in [1.165, 1.54) is 24.3 Å². The van der Waals surface area contributed by atoms with Crippen molar-refractivity contribution in [3.63, 3.8) is 0 Å². The van der Waals surface area contributed by atoms with E-state index in [0.717, 1.165) is 4.90 Å². The van der Waals surface area contributed by atoms with E-state index in [2.05, 4.69) is 5.32 Å². The molecule has 9 heteroatoms. The van der Waals surface area contributed by atoms with E-state index in [0.29, 0.717) is 5.69 Å². The highest BCUT2D eigenvalue weighted by Crippen LogP contribution is 2.09. The van der Waals surface area contributed by atoms with Gasteiger partial charge < -0.3 is 20.6 Å². The van der Waals surface area contributed by atoms with Gasteiger partial charge in [-0.1, -0.05) is 0 Å². The van der Waals surface area contributed by atoms with Crippen LogP contribution < -0.4 is 5.32 Å². The van der Waals surface area contributed by atoms with Gasteiger partial charge in [-0.3, -0.25) is 19.3 Å². The summed E-state index contributed by atoms with van der Waals surface area (Å²) in [7, 11) is 0. The molecule has 0 spiro atoms. The lowest BCUT2D eigenvalue weighted by atomic mass is 10.2. The molecule has 0 bridgehead atoms. The van der Waals surface area contributed by atoms with Crippen LogP contribution in [0.2, 0.25) is 0 Å². The Balaban J connectivity index is 2.64. The second kappa shape index (κ2) is 7.74. The molecule has 0 aliphatic rings. The van der Waals surface area contributed by atoms with Gasteiger partial charge in [-0.05, 0) is 24.3 Å². The maximum atomic E-state index is 11.7. The third-order valence-corrected chi connectivity index (χ3v) is 2.50. The molecule has 0 saturated carbocycles. The van der Waals surface area contributed by atoms with Crippen LogP contribution in [0.5, 0.6) is 0 Å². The summed E-state index contributed by atoms with van der Waals surface area (Å²) >= 11 is 0. The smallest absolute Gasteiger partial charge is 0.335 e. The fourth-order valence-electron chi connectivity index (χ4n) is 1.65. The Morgan fingerprint density at radius 2 is 1.36 bits per heavy atom. The van der Waals surface area contributed by atoms with E-state index >= 15 is 0 Å². The van der Waals surface area contributed by atoms with Gasteiger partial charge in [0.15, 0.2) is 0 Å². The molecule has 0 aromatic heterocycles. The first-order valence-electron chi connectivity index (χ1n) is 6.07. The van der Waals surface area contributed by atoms with E-state index in [1.807, 2.05) is 0 Å². The largest absolute Gasteiger partial charge is 0.480 e. The zero-order chi connectivity index (χ0) is 16.7. The normalized spacial score (nSPS) is 10.2. The maximum Gasteiger partial charge on any atom is 0.335 e. The second-order valence-corrected chi connectivity index (χ2v) is 4.36. The number of aliphatic carboxylic acids is 2. The van der Waals surface area contributed by atoms with Crippen molar-refractivity contribution in [2.45, 2.75) is 0 Å². The van der Waals surface area contributed by atoms with Gasteiger partial charge in [-0.2, -0.15) is 0 Å². The van der Waals surface area contributed by atoms with Crippen molar-refractivity contribution in [2.75, 3.05) is 25.0 Å². The minimum absolute atomic E-state index is 0.0522. The number of hydrogen-bond acceptors (Lipinski definition) is 5. The minimum Gasteiger partial charge on any atom is -0.480 e. The first-order chi connectivity index (χ1) is 10.3. The lowest BCUT2D eigenvalue weighted by Crippen LogP contribution is -2.40. The quantitative estimate of drug-likeness (QED) is 0.516. The molecule has 0 saturated heterocycles. The molecule has 0 fully saturated rings. The van der Waals surface area contributed by atoms with Crippen LogP contribution in [0.15, 0.2) is 24.3 Å². The number of aromatic carboxylic acids is 1. The van der Waals surface area contributed by atoms with Crippen molar-refractivity contribution in [2.24, 2.45) is 0 Å². The molecule has 0 radical (unpaired) electrons. The van der Waals surface area contributed by atoms with Gasteiger partial charge in [0.25, 0.3) is 0 Å². The number of anilines is 1. The number of nitrogens with one attached hydrogen (secondary N) is 1. The molecular formula is C13H14N2O7. The van der Waals surface area contributed by atoms with E-state index in [1.54, 1.807) is 0 Å². The number of carbonyl (C=O) groups is 4. The van der Waals surface area contributed by atoms with Gasteiger partial charge in [-0.25, -0.2) is 4.79 Å². The predicted octanol–water partition coefficient (Wildman–Crippen LogP) is -0.205. The van der Waals surface area contributed by atoms with E-state index in [4.69, 9.17) is 15.3 Å². The number of carboxylic acid groups (broad SMARTS) is 3. The average Bonchev–Trinajstić information content (AvgIpc) is 2.37. The van der Waals surface area contributed by atoms with Gasteiger partial charge in [0.1, 0.15) is 0 Å². The summed E-state index contributed by atoms with van der Waals surface area (Å²) in [5.74, 6) is -4.21. The number of carboxylic acids is 3. The first kappa shape index (κ1) is 17.1. The topological polar surface area (TPSA) is 144 Å². The fraction of sp³-hybridized carbons (Fsp3) is 0.231. The van der Waals surface area contributed by atoms with Crippen LogP contribution in [0.25, 0.3) is 0 Å². The molecule has 4 N–H and O–H groups in total. The Kier molecular flexibility index (Phi) is 6.02. The summed E-state index contributed by atoms with van der Waals surface area (Å²) < 4.78 is 0. The molecule has 118 valence electrons. The Bertz CT molecular complexity index is 567. The summed E-state index contributed by atoms with van der Waals surface area (Å²) in [6, 6.07) is 5.34. The lowest BCUT2D eigenvalue weighted by molar-refractivity contribution is -0.142. The van der Waals surface area contributed by atoms with Gasteiger partial charge >= 0.3 is 17.9 Å². The first-order valence-corrected chi connectivity index (χ1v) is 6.07. The summed E-state index contributed by atoms with van der Waals surface area (Å²) in [6.07, 6.45) is 0. The zero-order valence-corrected chi connectivity index (χ0v) is 11.4. The number of nitrogens with zero attached hydrogens (tertiary/aromatic N) is 1. The van der Waals surface area contributed by atoms with Crippen LogP contribution >= 0.6 is 0 Å². The van der Waals surface area contributed by atoms with Crippen LogP contribution in [0.3, 0.4) is 0 Å². The highest BCUT2D eigenvalue weighted by atomic mass is 16.4. The van der Waals surface area contributed by atoms with Crippen LogP contribution in [0, 0.1) is 0 Å². The Morgan fingerprint density at radius 3 is 1.77 bits per heavy atom. The van der Waals surface area contributed by atoms with Crippen molar-refractivity contribution in [3.8, 4) is 0 Å². The van der Waals surface area contributed by atoms with Crippen molar-refractivity contribution in [3.05, 3.63) is 29.8 Å². The second-order valence-electron chi connectivity index (χ2n) is 4.36. The Labute approximate surface area is 124 Å². The summed E-state index contributed by atoms with van der Waals surface area (Å²) in [5.41, 5.74) is 0.372. The van der Waals surface area contributed by atoms with Gasteiger partial charge in [0.05, 0.1) is 25.2 Å². The lowest BCUT2D eigenvalue weighted by Gasteiger charge is -2.17. The van der Waals surface area contributed by atoms with E-state index in [9.17, 15) is 19.2 Å². The van der Waals surface area contributed by atoms with Crippen molar-refractivity contribution in [1.29, 1.82) is 0 Å². The summed E-state index contributed by atoms with van der Waals surface area (Å²) in [6.45, 7) is -1.59. The molecule has 22 heavy (non-hydrogen) atoms. The van der Waals surface area contributed by atoms with Crippen LogP contribution in [0.1, 0.15) is 10.4 Å². The molecule has 1 aromatic carbocycles. The summed E-state index contributed by atoms with van der Waals surface area (Å²) in [4.78, 5) is 44.6. The summed E-state index contributed by atoms with van der Waals surface area (Å²) in [5, 5.41) is 28.5. The number of amides is 1. The Hall–Kier alpha value is -2.94. The number of hydrogen-bond donors (Lipinski definition) is 4. The Morgan fingerprint density at radius 1 is 0.864 bits per heavy atom. The fourth-order valence-corrected chi connectivity index (χ4v) is 1.65. The van der Waals surface area contributed by atoms with E-state index < -0.39 is 43.4 Å². The molecule has 1 rings (SSSR count). The number of rotatable bonds is 8. The van der Waals surface area contributed by atoms with Crippen molar-refractivity contribution in [1.82, 2.24) is 4.90 Å². The number of carbonyl (C=O) groups excluding carboxylic acids is 1. The maximum absolute atomic E-state index is 11.7. The molecule has 0 atom stereocenters. The molecule has 9 nitrogen and oxygen atoms in total. The zero-order valence-electron chi connectivity index (χ0n) is 11.4. The van der Waals surface area contributed by atoms with Crippen LogP contribution in [0.4, 0.5) is 5.69 Å². The molecule has 1 aromatic rings. The van der Waals surface area contributed by atoms with Crippen LogP contribution in [-0.4, -0.2) is 63.7 Å². The minimum atomic E-state index is -1.25. The van der Waals surface area contributed by atoms with Gasteiger partial charge in [0, 0.05) is 5.69 Å². The molecule has 1 amide bonds. The van der Waals surface area contributed by atoms with Crippen molar-refractivity contribution >= 4 is 29.5 Å². The molecular weight excluding hydrogens is 296 g/mol. The van der Waals surface area contributed by atoms with E-state index in [-0.39, 0.29) is 5.56 Å². The average molecular weight is 310 g/mol. The SMILES string of the molecule is O=C(O)CN(CC(=O)O)CC(=O)Nc1ccc(C(=O)O)cc1.